The van der Waals surface area contributed by atoms with Gasteiger partial charge in [0.05, 0.1) is 0 Å². The number of benzene rings is 1. The third-order valence-electron chi connectivity index (χ3n) is 6.01. The van der Waals surface area contributed by atoms with E-state index in [1.807, 2.05) is 0 Å². The zero-order chi connectivity index (χ0) is 12.5. The molecule has 18 heavy (non-hydrogen) atoms. The highest BCUT2D eigenvalue weighted by atomic mass is 14.7. The summed E-state index contributed by atoms with van der Waals surface area (Å²) in [6.07, 6.45) is 9.48. The van der Waals surface area contributed by atoms with E-state index in [1.165, 1.54) is 18.4 Å². The van der Waals surface area contributed by atoms with Crippen molar-refractivity contribution in [1.29, 1.82) is 0 Å². The van der Waals surface area contributed by atoms with Crippen molar-refractivity contribution < 1.29 is 0 Å². The van der Waals surface area contributed by atoms with Crippen molar-refractivity contribution in [3.63, 3.8) is 0 Å². The molecule has 2 unspecified atom stereocenters. The largest absolute Gasteiger partial charge is 0.0622 e. The molecule has 0 radical (unpaired) electrons. The molecular formula is C18H20. The molecule has 92 valence electrons. The van der Waals surface area contributed by atoms with Gasteiger partial charge in [-0.15, -0.1) is 0 Å². The molecule has 1 aromatic carbocycles. The maximum Gasteiger partial charge on any atom is 0.0210 e. The van der Waals surface area contributed by atoms with Crippen molar-refractivity contribution >= 4 is 6.08 Å². The molecule has 3 aliphatic rings. The normalized spacial score (nSPS) is 35.0. The molecular weight excluding hydrogens is 216 g/mol. The Morgan fingerprint density at radius 3 is 2.78 bits per heavy atom. The van der Waals surface area contributed by atoms with Crippen LogP contribution in [0.5, 0.6) is 0 Å². The Kier molecular flexibility index (Phi) is 1.76. The Balaban J connectivity index is 2.07. The zero-order valence-corrected chi connectivity index (χ0v) is 11.5. The number of allylic oxidation sites excluding steroid dienone is 3. The van der Waals surface area contributed by atoms with Crippen LogP contribution in [-0.2, 0) is 11.8 Å². The lowest BCUT2D eigenvalue weighted by atomic mass is 9.44. The molecule has 0 N–H and O–H groups in total. The lowest BCUT2D eigenvalue weighted by Gasteiger charge is -2.59. The second-order valence-electron chi connectivity index (χ2n) is 6.72. The minimum atomic E-state index is 0.302. The van der Waals surface area contributed by atoms with Gasteiger partial charge in [0, 0.05) is 5.41 Å². The second-order valence-corrected chi connectivity index (χ2v) is 6.72. The monoisotopic (exact) mass is 236 g/mol. The lowest BCUT2D eigenvalue weighted by molar-refractivity contribution is 0.0394. The van der Waals surface area contributed by atoms with Gasteiger partial charge >= 0.3 is 0 Å². The van der Waals surface area contributed by atoms with Crippen LogP contribution in [0.2, 0.25) is 0 Å². The van der Waals surface area contributed by atoms with Crippen LogP contribution in [0.15, 0.2) is 35.9 Å². The molecule has 0 aliphatic heterocycles. The first-order valence-corrected chi connectivity index (χ1v) is 7.10. The van der Waals surface area contributed by atoms with E-state index in [0.29, 0.717) is 10.8 Å². The summed E-state index contributed by atoms with van der Waals surface area (Å²) >= 11 is 0. The van der Waals surface area contributed by atoms with Crippen LogP contribution < -0.4 is 0 Å². The highest BCUT2D eigenvalue weighted by molar-refractivity contribution is 5.70. The summed E-state index contributed by atoms with van der Waals surface area (Å²) in [5, 5.41) is 0. The van der Waals surface area contributed by atoms with Crippen molar-refractivity contribution in [1.82, 2.24) is 0 Å². The third kappa shape index (κ3) is 0.889. The quantitative estimate of drug-likeness (QED) is 0.673. The van der Waals surface area contributed by atoms with Crippen LogP contribution in [0.25, 0.3) is 6.08 Å². The molecule has 0 amide bonds. The zero-order valence-electron chi connectivity index (χ0n) is 11.5. The molecule has 2 atom stereocenters. The van der Waals surface area contributed by atoms with Gasteiger partial charge in [-0.05, 0) is 40.9 Å². The molecule has 0 saturated heterocycles. The van der Waals surface area contributed by atoms with Crippen molar-refractivity contribution in [2.24, 2.45) is 11.3 Å². The molecule has 1 saturated carbocycles. The lowest BCUT2D eigenvalue weighted by Crippen LogP contribution is -2.55. The number of rotatable bonds is 1. The Morgan fingerprint density at radius 2 is 2.00 bits per heavy atom. The van der Waals surface area contributed by atoms with Gasteiger partial charge in [0.2, 0.25) is 0 Å². The minimum Gasteiger partial charge on any atom is -0.0622 e. The van der Waals surface area contributed by atoms with Crippen LogP contribution >= 0.6 is 0 Å². The van der Waals surface area contributed by atoms with Crippen molar-refractivity contribution in [2.75, 3.05) is 0 Å². The van der Waals surface area contributed by atoms with E-state index < -0.39 is 0 Å². The summed E-state index contributed by atoms with van der Waals surface area (Å²) in [5.41, 5.74) is 7.10. The van der Waals surface area contributed by atoms with Gasteiger partial charge in [-0.2, -0.15) is 0 Å². The summed E-state index contributed by atoms with van der Waals surface area (Å²) in [4.78, 5) is 0. The fourth-order valence-electron chi connectivity index (χ4n) is 4.89. The molecule has 3 aliphatic carbocycles. The van der Waals surface area contributed by atoms with Gasteiger partial charge in [-0.3, -0.25) is 0 Å². The van der Waals surface area contributed by atoms with Gasteiger partial charge in [-0.25, -0.2) is 0 Å². The average Bonchev–Trinajstić information content (AvgIpc) is 2.45. The maximum atomic E-state index is 2.49. The van der Waals surface area contributed by atoms with E-state index in [9.17, 15) is 0 Å². The fraction of sp³-hybridized carbons (Fsp3) is 0.444. The Bertz CT molecular complexity index is 602. The van der Waals surface area contributed by atoms with Crippen LogP contribution in [0.1, 0.15) is 43.9 Å². The van der Waals surface area contributed by atoms with E-state index in [0.717, 1.165) is 5.92 Å². The minimum absolute atomic E-state index is 0.302. The summed E-state index contributed by atoms with van der Waals surface area (Å²) in [6.45, 7) is 7.31. The van der Waals surface area contributed by atoms with Crippen molar-refractivity contribution in [3.05, 3.63) is 52.6 Å². The van der Waals surface area contributed by atoms with Crippen molar-refractivity contribution in [3.8, 4) is 0 Å². The van der Waals surface area contributed by atoms with Crippen LogP contribution in [-0.4, -0.2) is 0 Å². The smallest absolute Gasteiger partial charge is 0.0210 e. The predicted octanol–water partition coefficient (Wildman–Crippen LogP) is 4.50. The molecule has 0 aromatic heterocycles. The maximum absolute atomic E-state index is 2.49. The summed E-state index contributed by atoms with van der Waals surface area (Å²) in [5.74, 6) is 0.748. The van der Waals surface area contributed by atoms with Gasteiger partial charge in [0.1, 0.15) is 0 Å². The van der Waals surface area contributed by atoms with Crippen LogP contribution in [0.3, 0.4) is 0 Å². The summed E-state index contributed by atoms with van der Waals surface area (Å²) < 4.78 is 0. The molecule has 0 heterocycles. The predicted molar refractivity (Wildman–Crippen MR) is 76.5 cm³/mol. The first-order chi connectivity index (χ1) is 8.59. The Morgan fingerprint density at radius 1 is 1.17 bits per heavy atom. The van der Waals surface area contributed by atoms with E-state index in [2.05, 4.69) is 57.2 Å². The van der Waals surface area contributed by atoms with E-state index in [4.69, 9.17) is 0 Å². The Hall–Kier alpha value is -1.30. The van der Waals surface area contributed by atoms with Gasteiger partial charge in [0.25, 0.3) is 0 Å². The highest BCUT2D eigenvalue weighted by Gasteiger charge is 2.65. The van der Waals surface area contributed by atoms with Crippen molar-refractivity contribution in [2.45, 2.75) is 39.0 Å². The third-order valence-corrected chi connectivity index (χ3v) is 6.01. The second kappa shape index (κ2) is 2.99. The Labute approximate surface area is 109 Å². The first-order valence-electron chi connectivity index (χ1n) is 7.10. The van der Waals surface area contributed by atoms with Crippen LogP contribution in [0.4, 0.5) is 0 Å². The summed E-state index contributed by atoms with van der Waals surface area (Å²) in [7, 11) is 0. The van der Waals surface area contributed by atoms with Gasteiger partial charge < -0.3 is 0 Å². The number of hydrogen-bond acceptors (Lipinski definition) is 0. The van der Waals surface area contributed by atoms with E-state index in [1.54, 1.807) is 16.7 Å². The molecule has 1 fully saturated rings. The van der Waals surface area contributed by atoms with Crippen LogP contribution in [0, 0.1) is 11.3 Å². The molecule has 4 rings (SSSR count). The van der Waals surface area contributed by atoms with Gasteiger partial charge in [-0.1, -0.05) is 62.8 Å². The van der Waals surface area contributed by atoms with E-state index >= 15 is 0 Å². The molecule has 0 bridgehead atoms. The average molecular weight is 236 g/mol. The SMILES string of the molecule is CC(C)C12CC3=CC=Cc4cccc(c4C31C)C2. The fourth-order valence-corrected chi connectivity index (χ4v) is 4.89. The number of hydrogen-bond donors (Lipinski definition) is 0. The topological polar surface area (TPSA) is 0 Å². The standard InChI is InChI=1S/C18H20/c1-12(2)18-10-14-8-4-6-13-7-5-9-15(11-18)17(18,3)16(13)14/h4-9,12H,10-11H2,1-3H3. The molecule has 0 nitrogen and oxygen atoms in total. The van der Waals surface area contributed by atoms with Gasteiger partial charge in [0.15, 0.2) is 0 Å². The van der Waals surface area contributed by atoms with E-state index in [-0.39, 0.29) is 0 Å². The first kappa shape index (κ1) is 10.6. The molecule has 1 aromatic rings. The highest BCUT2D eigenvalue weighted by Crippen LogP contribution is 2.71. The summed E-state index contributed by atoms with van der Waals surface area (Å²) in [6, 6.07) is 6.86. The molecule has 0 heteroatoms. The molecule has 0 spiro atoms.